The van der Waals surface area contributed by atoms with E-state index in [2.05, 4.69) is 0 Å². The lowest BCUT2D eigenvalue weighted by Crippen LogP contribution is -2.02. The number of ether oxygens (including phenoxy) is 2. The lowest BCUT2D eigenvalue weighted by atomic mass is 10.1. The summed E-state index contributed by atoms with van der Waals surface area (Å²) in [6.07, 6.45) is 0. The summed E-state index contributed by atoms with van der Waals surface area (Å²) in [5.41, 5.74) is 3.34. The molecule has 0 aliphatic heterocycles. The van der Waals surface area contributed by atoms with Crippen molar-refractivity contribution in [3.05, 3.63) is 75.9 Å². The Morgan fingerprint density at radius 2 is 1.75 bits per heavy atom. The lowest BCUT2D eigenvalue weighted by molar-refractivity contribution is 0.392. The number of hydrogen-bond donors (Lipinski definition) is 0. The summed E-state index contributed by atoms with van der Waals surface area (Å²) in [5, 5.41) is 1.22. The van der Waals surface area contributed by atoms with Gasteiger partial charge in [0.1, 0.15) is 22.7 Å². The van der Waals surface area contributed by atoms with Crippen LogP contribution in [0, 0.1) is 6.92 Å². The molecule has 0 radical (unpaired) electrons. The van der Waals surface area contributed by atoms with E-state index in [-0.39, 0.29) is 5.43 Å². The average molecular weight is 392 g/mol. The van der Waals surface area contributed by atoms with E-state index in [1.165, 1.54) is 0 Å². The van der Waals surface area contributed by atoms with Crippen LogP contribution >= 0.6 is 11.8 Å². The Balaban J connectivity index is 1.66. The van der Waals surface area contributed by atoms with Crippen LogP contribution < -0.4 is 14.9 Å². The first-order chi connectivity index (χ1) is 13.6. The molecule has 0 atom stereocenters. The maximum absolute atomic E-state index is 12.8. The molecular formula is C23H20O4S. The molecule has 0 saturated heterocycles. The monoisotopic (exact) mass is 392 g/mol. The minimum Gasteiger partial charge on any atom is -0.497 e. The molecule has 0 fully saturated rings. The molecule has 0 spiro atoms. The third kappa shape index (κ3) is 3.45. The molecule has 4 rings (SSSR count). The smallest absolute Gasteiger partial charge is 0.200 e. The van der Waals surface area contributed by atoms with Crippen LogP contribution in [0.2, 0.25) is 0 Å². The van der Waals surface area contributed by atoms with Gasteiger partial charge in [0, 0.05) is 22.3 Å². The molecular weight excluding hydrogens is 372 g/mol. The van der Waals surface area contributed by atoms with Gasteiger partial charge >= 0.3 is 0 Å². The zero-order valence-electron chi connectivity index (χ0n) is 15.9. The van der Waals surface area contributed by atoms with Crippen LogP contribution in [-0.2, 0) is 5.75 Å². The summed E-state index contributed by atoms with van der Waals surface area (Å²) in [7, 11) is 3.29. The molecule has 0 unspecified atom stereocenters. The van der Waals surface area contributed by atoms with E-state index in [0.29, 0.717) is 21.9 Å². The van der Waals surface area contributed by atoms with Gasteiger partial charge in [-0.05, 0) is 43.3 Å². The Bertz CT molecular complexity index is 1230. The minimum absolute atomic E-state index is 0.00771. The molecule has 4 aromatic rings. The van der Waals surface area contributed by atoms with E-state index >= 15 is 0 Å². The molecule has 0 aliphatic carbocycles. The predicted molar refractivity (Wildman–Crippen MR) is 114 cm³/mol. The van der Waals surface area contributed by atoms with Gasteiger partial charge < -0.3 is 13.9 Å². The minimum atomic E-state index is 0.00771. The van der Waals surface area contributed by atoms with Crippen LogP contribution in [0.1, 0.15) is 11.1 Å². The van der Waals surface area contributed by atoms with Gasteiger partial charge in [0.05, 0.1) is 25.0 Å². The molecule has 0 aliphatic rings. The number of fused-ring (bicyclic) bond motifs is 2. The van der Waals surface area contributed by atoms with Gasteiger partial charge in [-0.25, -0.2) is 0 Å². The fourth-order valence-corrected chi connectivity index (χ4v) is 4.09. The van der Waals surface area contributed by atoms with Crippen LogP contribution in [0.5, 0.6) is 11.5 Å². The van der Waals surface area contributed by atoms with Gasteiger partial charge in [-0.1, -0.05) is 17.7 Å². The molecule has 4 nitrogen and oxygen atoms in total. The lowest BCUT2D eigenvalue weighted by Gasteiger charge is -2.10. The zero-order valence-corrected chi connectivity index (χ0v) is 16.8. The third-order valence-electron chi connectivity index (χ3n) is 4.69. The first-order valence-electron chi connectivity index (χ1n) is 8.90. The van der Waals surface area contributed by atoms with E-state index in [1.54, 1.807) is 26.0 Å². The second kappa shape index (κ2) is 7.60. The maximum Gasteiger partial charge on any atom is 0.200 e. The molecule has 0 saturated carbocycles. The quantitative estimate of drug-likeness (QED) is 0.328. The fraction of sp³-hybridized carbons (Fsp3) is 0.174. The number of aryl methyl sites for hydroxylation is 1. The van der Waals surface area contributed by atoms with E-state index in [0.717, 1.165) is 33.3 Å². The van der Waals surface area contributed by atoms with Gasteiger partial charge in [-0.2, -0.15) is 0 Å². The summed E-state index contributed by atoms with van der Waals surface area (Å²) >= 11 is 1.66. The fourth-order valence-electron chi connectivity index (χ4n) is 3.17. The van der Waals surface area contributed by atoms with Crippen molar-refractivity contribution >= 4 is 33.7 Å². The number of hydrogen-bond acceptors (Lipinski definition) is 5. The van der Waals surface area contributed by atoms with Crippen molar-refractivity contribution in [1.29, 1.82) is 0 Å². The molecule has 0 N–H and O–H groups in total. The normalized spacial score (nSPS) is 11.1. The molecule has 142 valence electrons. The molecule has 3 aromatic carbocycles. The van der Waals surface area contributed by atoms with E-state index in [4.69, 9.17) is 13.9 Å². The van der Waals surface area contributed by atoms with Crippen molar-refractivity contribution in [2.24, 2.45) is 0 Å². The van der Waals surface area contributed by atoms with Gasteiger partial charge in [0.15, 0.2) is 0 Å². The summed E-state index contributed by atoms with van der Waals surface area (Å²) < 4.78 is 16.7. The summed E-state index contributed by atoms with van der Waals surface area (Å²) in [5.74, 6) is 2.29. The molecule has 5 heteroatoms. The van der Waals surface area contributed by atoms with Crippen LogP contribution in [0.25, 0.3) is 21.9 Å². The zero-order chi connectivity index (χ0) is 19.7. The van der Waals surface area contributed by atoms with Crippen molar-refractivity contribution in [3.8, 4) is 11.5 Å². The Kier molecular flexibility index (Phi) is 5.01. The molecule has 0 amide bonds. The maximum atomic E-state index is 12.8. The Labute approximate surface area is 167 Å². The van der Waals surface area contributed by atoms with Gasteiger partial charge in [-0.15, -0.1) is 11.8 Å². The highest BCUT2D eigenvalue weighted by atomic mass is 32.2. The number of thioether (sulfide) groups is 1. The van der Waals surface area contributed by atoms with Crippen LogP contribution in [0.3, 0.4) is 0 Å². The number of benzene rings is 3. The Morgan fingerprint density at radius 1 is 0.893 bits per heavy atom. The molecule has 1 aromatic heterocycles. The number of rotatable bonds is 5. The van der Waals surface area contributed by atoms with Crippen molar-refractivity contribution in [1.82, 2.24) is 0 Å². The molecule has 1 heterocycles. The Morgan fingerprint density at radius 3 is 2.54 bits per heavy atom. The SMILES string of the molecule is COc1ccc(CSc2ccc3c(=O)c4cc(C)ccc4oc3c2)c(OC)c1. The van der Waals surface area contributed by atoms with Gasteiger partial charge in [0.25, 0.3) is 0 Å². The first-order valence-corrected chi connectivity index (χ1v) is 9.88. The van der Waals surface area contributed by atoms with Crippen LogP contribution in [0.4, 0.5) is 0 Å². The highest BCUT2D eigenvalue weighted by Crippen LogP contribution is 2.32. The van der Waals surface area contributed by atoms with E-state index in [9.17, 15) is 4.79 Å². The standard InChI is InChI=1S/C23H20O4S/c1-14-4-9-20-19(10-14)23(24)18-8-7-17(12-22(18)27-20)28-13-15-5-6-16(25-2)11-21(15)26-3/h4-12H,13H2,1-3H3. The van der Waals surface area contributed by atoms with Crippen LogP contribution in [0.15, 0.2) is 68.7 Å². The van der Waals surface area contributed by atoms with Gasteiger partial charge in [0.2, 0.25) is 5.43 Å². The predicted octanol–water partition coefficient (Wildman–Crippen LogP) is 5.56. The second-order valence-electron chi connectivity index (χ2n) is 6.56. The topological polar surface area (TPSA) is 48.7 Å². The van der Waals surface area contributed by atoms with Crippen LogP contribution in [-0.4, -0.2) is 14.2 Å². The third-order valence-corrected chi connectivity index (χ3v) is 5.73. The van der Waals surface area contributed by atoms with Gasteiger partial charge in [-0.3, -0.25) is 4.79 Å². The highest BCUT2D eigenvalue weighted by molar-refractivity contribution is 7.98. The van der Waals surface area contributed by atoms with Crippen molar-refractivity contribution < 1.29 is 13.9 Å². The summed E-state index contributed by atoms with van der Waals surface area (Å²) in [6, 6.07) is 17.2. The molecule has 28 heavy (non-hydrogen) atoms. The summed E-state index contributed by atoms with van der Waals surface area (Å²) in [4.78, 5) is 13.8. The van der Waals surface area contributed by atoms with E-state index in [1.807, 2.05) is 61.5 Å². The van der Waals surface area contributed by atoms with E-state index < -0.39 is 0 Å². The Hall–Kier alpha value is -2.92. The first kappa shape index (κ1) is 18.4. The van der Waals surface area contributed by atoms with Crippen molar-refractivity contribution in [3.63, 3.8) is 0 Å². The van der Waals surface area contributed by atoms with Crippen molar-refractivity contribution in [2.75, 3.05) is 14.2 Å². The number of methoxy groups -OCH3 is 2. The second-order valence-corrected chi connectivity index (χ2v) is 7.60. The van der Waals surface area contributed by atoms with Crippen molar-refractivity contribution in [2.45, 2.75) is 17.6 Å². The molecule has 0 bridgehead atoms. The largest absolute Gasteiger partial charge is 0.497 e. The highest BCUT2D eigenvalue weighted by Gasteiger charge is 2.10. The summed E-state index contributed by atoms with van der Waals surface area (Å²) in [6.45, 7) is 1.97. The average Bonchev–Trinajstić information content (AvgIpc) is 2.72.